The van der Waals surface area contributed by atoms with Crippen LogP contribution in [0.4, 0.5) is 0 Å². The number of thiazole rings is 1. The number of nitrogens with two attached hydrogens (primary N) is 1. The Kier molecular flexibility index (Phi) is 5.37. The zero-order chi connectivity index (χ0) is 21.9. The van der Waals surface area contributed by atoms with E-state index >= 15 is 0 Å². The number of hydrogen-bond acceptors (Lipinski definition) is 8. The van der Waals surface area contributed by atoms with Crippen LogP contribution in [0.2, 0.25) is 0 Å². The molecule has 0 unspecified atom stereocenters. The number of primary amides is 1. The number of amides is 2. The Balaban J connectivity index is 1.82. The Hall–Kier alpha value is -2.02. The Morgan fingerprint density at radius 3 is 2.70 bits per heavy atom. The van der Waals surface area contributed by atoms with Gasteiger partial charge in [0.05, 0.1) is 28.7 Å². The van der Waals surface area contributed by atoms with Crippen LogP contribution >= 0.6 is 34.9 Å². The fraction of sp³-hybridized carbons (Fsp3) is 0.444. The molecule has 4 N–H and O–H groups in total. The first kappa shape index (κ1) is 21.2. The van der Waals surface area contributed by atoms with Gasteiger partial charge in [-0.15, -0.1) is 11.3 Å². The number of hydrogen-bond donors (Lipinski definition) is 3. The highest BCUT2D eigenvalue weighted by Crippen LogP contribution is 2.52. The summed E-state index contributed by atoms with van der Waals surface area (Å²) in [7, 11) is 0. The lowest BCUT2D eigenvalue weighted by Gasteiger charge is -2.46. The van der Waals surface area contributed by atoms with E-state index in [-0.39, 0.29) is 29.3 Å². The summed E-state index contributed by atoms with van der Waals surface area (Å²) in [6.45, 7) is 3.44. The fourth-order valence-electron chi connectivity index (χ4n) is 4.23. The fourth-order valence-corrected chi connectivity index (χ4v) is 6.95. The lowest BCUT2D eigenvalue weighted by molar-refractivity contribution is -0.163. The number of carboxylic acids is 1. The minimum atomic E-state index is -1.17. The molecule has 12 heteroatoms. The maximum Gasteiger partial charge on any atom is 0.352 e. The van der Waals surface area contributed by atoms with Crippen LogP contribution in [0.25, 0.3) is 10.4 Å². The van der Waals surface area contributed by atoms with E-state index in [2.05, 4.69) is 4.98 Å². The summed E-state index contributed by atoms with van der Waals surface area (Å²) in [5.74, 6) is -2.74. The van der Waals surface area contributed by atoms with Crippen molar-refractivity contribution in [2.24, 2.45) is 17.6 Å². The van der Waals surface area contributed by atoms with Crippen molar-refractivity contribution in [2.75, 3.05) is 12.0 Å². The third-order valence-electron chi connectivity index (χ3n) is 5.43. The van der Waals surface area contributed by atoms with Gasteiger partial charge in [-0.25, -0.2) is 9.78 Å². The second-order valence-corrected chi connectivity index (χ2v) is 10.0. The number of thioether (sulfide) groups is 2. The van der Waals surface area contributed by atoms with Gasteiger partial charge in [0.15, 0.2) is 5.16 Å². The number of rotatable bonds is 7. The molecule has 160 valence electrons. The molecule has 9 nitrogen and oxygen atoms in total. The standard InChI is InChI=1S/C18H20N4O5S3/c1-6-10(13(17(26)27)22-12(6)11(7(2)23)15(22)25)8-4-21-16(30-8)14(20-18(21)28-3)29-5-9(19)24/h4,6-7,11-12,23H,5H2,1-3H3,(H2,19,24)(H,26,27)/t6-,7+,11+,12+/m0/s1. The summed E-state index contributed by atoms with van der Waals surface area (Å²) < 4.78 is 1.87. The summed E-state index contributed by atoms with van der Waals surface area (Å²) in [4.78, 5) is 43.2. The van der Waals surface area contributed by atoms with Crippen molar-refractivity contribution in [2.45, 2.75) is 36.2 Å². The van der Waals surface area contributed by atoms with Gasteiger partial charge < -0.3 is 20.8 Å². The van der Waals surface area contributed by atoms with Gasteiger partial charge in [-0.1, -0.05) is 30.4 Å². The molecule has 0 spiro atoms. The third-order valence-corrected chi connectivity index (χ3v) is 8.33. The Labute approximate surface area is 184 Å². The van der Waals surface area contributed by atoms with Gasteiger partial charge in [-0.05, 0) is 13.2 Å². The first-order valence-electron chi connectivity index (χ1n) is 9.13. The van der Waals surface area contributed by atoms with E-state index < -0.39 is 23.9 Å². The highest BCUT2D eigenvalue weighted by molar-refractivity contribution is 8.00. The summed E-state index contributed by atoms with van der Waals surface area (Å²) >= 11 is 4.04. The van der Waals surface area contributed by atoms with E-state index in [1.807, 2.05) is 23.8 Å². The first-order chi connectivity index (χ1) is 14.2. The van der Waals surface area contributed by atoms with E-state index in [0.29, 0.717) is 15.8 Å². The largest absolute Gasteiger partial charge is 0.477 e. The van der Waals surface area contributed by atoms with Crippen molar-refractivity contribution >= 4 is 63.0 Å². The molecule has 4 atom stereocenters. The minimum Gasteiger partial charge on any atom is -0.477 e. The molecule has 4 rings (SSSR count). The number of aromatic nitrogens is 2. The molecule has 0 aromatic carbocycles. The summed E-state index contributed by atoms with van der Waals surface area (Å²) in [6, 6.07) is -0.373. The van der Waals surface area contributed by atoms with Gasteiger partial charge in [-0.3, -0.25) is 14.0 Å². The van der Waals surface area contributed by atoms with Gasteiger partial charge in [-0.2, -0.15) is 0 Å². The minimum absolute atomic E-state index is 0.0242. The zero-order valence-corrected chi connectivity index (χ0v) is 18.8. The predicted molar refractivity (Wildman–Crippen MR) is 114 cm³/mol. The van der Waals surface area contributed by atoms with Crippen molar-refractivity contribution < 1.29 is 24.6 Å². The monoisotopic (exact) mass is 468 g/mol. The molecular weight excluding hydrogens is 448 g/mol. The number of nitrogens with zero attached hydrogens (tertiary/aromatic N) is 3. The number of carbonyl (C=O) groups excluding carboxylic acids is 2. The molecule has 1 fully saturated rings. The second kappa shape index (κ2) is 7.59. The van der Waals surface area contributed by atoms with Gasteiger partial charge in [0, 0.05) is 17.7 Å². The quantitative estimate of drug-likeness (QED) is 0.409. The number of imidazole rings is 1. The molecule has 1 saturated heterocycles. The molecule has 4 heterocycles. The average molecular weight is 469 g/mol. The summed E-state index contributed by atoms with van der Waals surface area (Å²) in [6.07, 6.45) is 2.86. The third kappa shape index (κ3) is 3.04. The van der Waals surface area contributed by atoms with Crippen molar-refractivity contribution in [3.05, 3.63) is 16.8 Å². The van der Waals surface area contributed by atoms with Crippen molar-refractivity contribution in [1.29, 1.82) is 0 Å². The lowest BCUT2D eigenvalue weighted by atomic mass is 9.77. The van der Waals surface area contributed by atoms with Gasteiger partial charge in [0.2, 0.25) is 11.8 Å². The molecule has 0 bridgehead atoms. The number of fused-ring (bicyclic) bond motifs is 2. The molecule has 0 aliphatic carbocycles. The first-order valence-corrected chi connectivity index (χ1v) is 12.2. The number of carboxylic acid groups (broad SMARTS) is 1. The Morgan fingerprint density at radius 2 is 2.13 bits per heavy atom. The number of aliphatic carboxylic acids is 1. The lowest BCUT2D eigenvalue weighted by Crippen LogP contribution is -2.63. The van der Waals surface area contributed by atoms with Crippen LogP contribution in [-0.2, 0) is 14.4 Å². The van der Waals surface area contributed by atoms with Crippen molar-refractivity contribution in [3.63, 3.8) is 0 Å². The molecule has 2 aromatic rings. The van der Waals surface area contributed by atoms with Gasteiger partial charge in [0.1, 0.15) is 15.6 Å². The highest BCUT2D eigenvalue weighted by atomic mass is 32.2. The maximum atomic E-state index is 12.6. The van der Waals surface area contributed by atoms with E-state index in [9.17, 15) is 24.6 Å². The van der Waals surface area contributed by atoms with Crippen LogP contribution in [0.15, 0.2) is 22.1 Å². The van der Waals surface area contributed by atoms with Crippen molar-refractivity contribution in [3.8, 4) is 0 Å². The van der Waals surface area contributed by atoms with E-state index in [1.165, 1.54) is 39.8 Å². The summed E-state index contributed by atoms with van der Waals surface area (Å²) in [5.41, 5.74) is 5.81. The Bertz CT molecular complexity index is 1100. The molecule has 2 amide bonds. The second-order valence-electron chi connectivity index (χ2n) is 7.25. The number of carbonyl (C=O) groups is 3. The molecule has 2 aliphatic heterocycles. The zero-order valence-electron chi connectivity index (χ0n) is 16.4. The van der Waals surface area contributed by atoms with Crippen molar-refractivity contribution in [1.82, 2.24) is 14.3 Å². The van der Waals surface area contributed by atoms with E-state index in [0.717, 1.165) is 9.71 Å². The maximum absolute atomic E-state index is 12.6. The number of aliphatic hydroxyl groups excluding tert-OH is 1. The van der Waals surface area contributed by atoms with Crippen LogP contribution < -0.4 is 5.73 Å². The van der Waals surface area contributed by atoms with Crippen LogP contribution in [0.5, 0.6) is 0 Å². The average Bonchev–Trinajstić information content (AvgIpc) is 3.28. The summed E-state index contributed by atoms with van der Waals surface area (Å²) in [5, 5.41) is 21.2. The molecule has 2 aromatic heterocycles. The predicted octanol–water partition coefficient (Wildman–Crippen LogP) is 1.35. The van der Waals surface area contributed by atoms with E-state index in [4.69, 9.17) is 5.73 Å². The molecule has 0 radical (unpaired) electrons. The SMILES string of the molecule is CSc1nc(SCC(N)=O)c2sc(C3=C(C(=O)O)N4C(=O)[C@H]([C@@H](C)O)[C@H]4[C@H]3C)cn12. The van der Waals surface area contributed by atoms with Crippen LogP contribution in [0.3, 0.4) is 0 Å². The highest BCUT2D eigenvalue weighted by Gasteiger charge is 2.60. The number of β-lactam (4-membered cyclic amide) rings is 1. The van der Waals surface area contributed by atoms with Gasteiger partial charge in [0.25, 0.3) is 0 Å². The smallest absolute Gasteiger partial charge is 0.352 e. The van der Waals surface area contributed by atoms with Crippen LogP contribution in [-0.4, -0.2) is 66.4 Å². The molecule has 0 saturated carbocycles. The molecule has 2 aliphatic rings. The normalized spacial score (nSPS) is 24.3. The van der Waals surface area contributed by atoms with Gasteiger partial charge >= 0.3 is 5.97 Å². The molecule has 30 heavy (non-hydrogen) atoms. The van der Waals surface area contributed by atoms with E-state index in [1.54, 1.807) is 6.92 Å². The Morgan fingerprint density at radius 1 is 1.43 bits per heavy atom. The topological polar surface area (TPSA) is 138 Å². The molecular formula is C18H20N4O5S3. The van der Waals surface area contributed by atoms with Crippen LogP contribution in [0, 0.1) is 11.8 Å². The number of aliphatic hydroxyl groups is 1. The van der Waals surface area contributed by atoms with Crippen LogP contribution in [0.1, 0.15) is 18.7 Å².